The SMILES string of the molecule is c1ccc(OC2CC(Oc3ccccc3)N(c3ccccc3)N2c2ccccc2)cc1. The standard InChI is InChI=1S/C27H24N2O2/c1-5-13-22(14-6-1)28-26(30-24-17-9-3-10-18-24)21-27(31-25-19-11-4-12-20-25)29(28)23-15-7-2-8-16-23/h1-20,26-27H,21H2. The normalized spacial score (nSPS) is 18.1. The number of para-hydroxylation sites is 4. The molecular weight excluding hydrogens is 384 g/mol. The van der Waals surface area contributed by atoms with Crippen molar-refractivity contribution in [1.82, 2.24) is 0 Å². The molecule has 0 aromatic heterocycles. The molecule has 0 radical (unpaired) electrons. The van der Waals surface area contributed by atoms with Gasteiger partial charge in [0.05, 0.1) is 17.8 Å². The summed E-state index contributed by atoms with van der Waals surface area (Å²) in [5.41, 5.74) is 2.10. The average Bonchev–Trinajstić information content (AvgIpc) is 3.19. The second kappa shape index (κ2) is 8.84. The molecule has 1 aliphatic rings. The van der Waals surface area contributed by atoms with Crippen molar-refractivity contribution in [3.05, 3.63) is 121 Å². The first-order valence-corrected chi connectivity index (χ1v) is 10.5. The second-order valence-electron chi connectivity index (χ2n) is 7.37. The summed E-state index contributed by atoms with van der Waals surface area (Å²) in [4.78, 5) is 0. The van der Waals surface area contributed by atoms with Crippen molar-refractivity contribution in [1.29, 1.82) is 0 Å². The van der Waals surface area contributed by atoms with Gasteiger partial charge in [0.1, 0.15) is 11.5 Å². The maximum absolute atomic E-state index is 6.47. The van der Waals surface area contributed by atoms with Gasteiger partial charge in [-0.15, -0.1) is 0 Å². The summed E-state index contributed by atoms with van der Waals surface area (Å²) in [6.07, 6.45) is 0.227. The van der Waals surface area contributed by atoms with Gasteiger partial charge in [-0.3, -0.25) is 0 Å². The minimum Gasteiger partial charge on any atom is -0.469 e. The van der Waals surface area contributed by atoms with Crippen LogP contribution in [0, 0.1) is 0 Å². The molecule has 4 aromatic rings. The van der Waals surface area contributed by atoms with E-state index >= 15 is 0 Å². The lowest BCUT2D eigenvalue weighted by molar-refractivity contribution is 0.166. The van der Waals surface area contributed by atoms with Crippen LogP contribution in [0.15, 0.2) is 121 Å². The van der Waals surface area contributed by atoms with Crippen LogP contribution in [-0.2, 0) is 0 Å². The third-order valence-electron chi connectivity index (χ3n) is 5.25. The number of hydrogen-bond acceptors (Lipinski definition) is 4. The van der Waals surface area contributed by atoms with Gasteiger partial charge in [-0.2, -0.15) is 0 Å². The lowest BCUT2D eigenvalue weighted by Gasteiger charge is -2.37. The highest BCUT2D eigenvalue weighted by molar-refractivity contribution is 5.60. The maximum atomic E-state index is 6.47. The molecule has 1 fully saturated rings. The molecule has 0 N–H and O–H groups in total. The van der Waals surface area contributed by atoms with Crippen molar-refractivity contribution in [2.24, 2.45) is 0 Å². The lowest BCUT2D eigenvalue weighted by Crippen LogP contribution is -2.47. The highest BCUT2D eigenvalue weighted by Crippen LogP contribution is 2.37. The van der Waals surface area contributed by atoms with Crippen LogP contribution in [-0.4, -0.2) is 12.5 Å². The van der Waals surface area contributed by atoms with Gasteiger partial charge >= 0.3 is 0 Å². The van der Waals surface area contributed by atoms with Crippen molar-refractivity contribution in [2.75, 3.05) is 10.0 Å². The fourth-order valence-electron chi connectivity index (χ4n) is 3.90. The molecule has 1 heterocycles. The van der Waals surface area contributed by atoms with Crippen LogP contribution in [0.2, 0.25) is 0 Å². The van der Waals surface area contributed by atoms with Crippen molar-refractivity contribution in [3.63, 3.8) is 0 Å². The van der Waals surface area contributed by atoms with E-state index in [1.807, 2.05) is 97.1 Å². The molecule has 0 spiro atoms. The molecule has 0 saturated carbocycles. The van der Waals surface area contributed by atoms with Gasteiger partial charge < -0.3 is 9.47 Å². The quantitative estimate of drug-likeness (QED) is 0.383. The molecule has 4 nitrogen and oxygen atoms in total. The second-order valence-corrected chi connectivity index (χ2v) is 7.37. The summed E-state index contributed by atoms with van der Waals surface area (Å²) < 4.78 is 12.9. The number of anilines is 2. The first-order valence-electron chi connectivity index (χ1n) is 10.5. The largest absolute Gasteiger partial charge is 0.469 e. The molecule has 5 rings (SSSR count). The Kier molecular flexibility index (Phi) is 5.44. The van der Waals surface area contributed by atoms with Crippen molar-refractivity contribution < 1.29 is 9.47 Å². The molecule has 1 saturated heterocycles. The van der Waals surface area contributed by atoms with Gasteiger partial charge in [-0.1, -0.05) is 72.8 Å². The van der Waals surface area contributed by atoms with Crippen LogP contribution in [0.5, 0.6) is 11.5 Å². The summed E-state index contributed by atoms with van der Waals surface area (Å²) in [6.45, 7) is 0. The Bertz CT molecular complexity index is 986. The fraction of sp³-hybridized carbons (Fsp3) is 0.111. The molecule has 154 valence electrons. The van der Waals surface area contributed by atoms with Crippen LogP contribution in [0.1, 0.15) is 6.42 Å². The fourth-order valence-corrected chi connectivity index (χ4v) is 3.90. The zero-order valence-corrected chi connectivity index (χ0v) is 17.1. The highest BCUT2D eigenvalue weighted by atomic mass is 16.5. The third kappa shape index (κ3) is 4.19. The summed E-state index contributed by atoms with van der Waals surface area (Å²) in [5.74, 6) is 1.67. The first-order chi connectivity index (χ1) is 15.4. The van der Waals surface area contributed by atoms with Crippen LogP contribution >= 0.6 is 0 Å². The minimum atomic E-state index is -0.223. The van der Waals surface area contributed by atoms with Crippen molar-refractivity contribution in [3.8, 4) is 11.5 Å². The van der Waals surface area contributed by atoms with Gasteiger partial charge in [0.25, 0.3) is 0 Å². The first kappa shape index (κ1) is 19.1. The summed E-state index contributed by atoms with van der Waals surface area (Å²) in [7, 11) is 0. The maximum Gasteiger partial charge on any atom is 0.195 e. The van der Waals surface area contributed by atoms with E-state index in [4.69, 9.17) is 9.47 Å². The number of benzene rings is 4. The predicted octanol–water partition coefficient (Wildman–Crippen LogP) is 6.13. The van der Waals surface area contributed by atoms with E-state index in [0.29, 0.717) is 6.42 Å². The van der Waals surface area contributed by atoms with Gasteiger partial charge in [0, 0.05) is 0 Å². The van der Waals surface area contributed by atoms with E-state index in [1.54, 1.807) is 0 Å². The lowest BCUT2D eigenvalue weighted by atomic mass is 10.3. The molecule has 2 atom stereocenters. The van der Waals surface area contributed by atoms with E-state index in [1.165, 1.54) is 0 Å². The summed E-state index contributed by atoms with van der Waals surface area (Å²) >= 11 is 0. The zero-order valence-electron chi connectivity index (χ0n) is 17.1. The Morgan fingerprint density at radius 1 is 0.452 bits per heavy atom. The summed E-state index contributed by atoms with van der Waals surface area (Å²) in [6, 6.07) is 40.5. The van der Waals surface area contributed by atoms with Gasteiger partial charge in [-0.25, -0.2) is 10.0 Å². The molecule has 31 heavy (non-hydrogen) atoms. The topological polar surface area (TPSA) is 24.9 Å². The van der Waals surface area contributed by atoms with E-state index in [9.17, 15) is 0 Å². The molecule has 0 bridgehead atoms. The molecule has 2 unspecified atom stereocenters. The van der Waals surface area contributed by atoms with Gasteiger partial charge in [0.2, 0.25) is 0 Å². The molecule has 4 heteroatoms. The van der Waals surface area contributed by atoms with E-state index < -0.39 is 0 Å². The van der Waals surface area contributed by atoms with Crippen LogP contribution in [0.3, 0.4) is 0 Å². The molecule has 4 aromatic carbocycles. The zero-order chi connectivity index (χ0) is 20.9. The number of ether oxygens (including phenoxy) is 2. The Morgan fingerprint density at radius 3 is 1.13 bits per heavy atom. The van der Waals surface area contributed by atoms with E-state index in [-0.39, 0.29) is 12.5 Å². The Labute approximate surface area is 182 Å². The minimum absolute atomic E-state index is 0.223. The number of hydrazine groups is 1. The number of hydrogen-bond donors (Lipinski definition) is 0. The molecule has 1 aliphatic heterocycles. The van der Waals surface area contributed by atoms with Gasteiger partial charge in [0.15, 0.2) is 12.5 Å². The van der Waals surface area contributed by atoms with Crippen LogP contribution in [0.4, 0.5) is 11.4 Å². The molecule has 0 aliphatic carbocycles. The summed E-state index contributed by atoms with van der Waals surface area (Å²) in [5, 5.41) is 4.38. The Balaban J connectivity index is 1.55. The smallest absolute Gasteiger partial charge is 0.195 e. The number of nitrogens with zero attached hydrogens (tertiary/aromatic N) is 2. The van der Waals surface area contributed by atoms with Gasteiger partial charge in [-0.05, 0) is 48.5 Å². The average molecular weight is 409 g/mol. The third-order valence-corrected chi connectivity index (χ3v) is 5.25. The van der Waals surface area contributed by atoms with Crippen molar-refractivity contribution in [2.45, 2.75) is 18.9 Å². The monoisotopic (exact) mass is 408 g/mol. The van der Waals surface area contributed by atoms with Crippen LogP contribution < -0.4 is 19.5 Å². The number of rotatable bonds is 6. The molecule has 0 amide bonds. The Hall–Kier alpha value is -3.92. The molecular formula is C27H24N2O2. The van der Waals surface area contributed by atoms with E-state index in [0.717, 1.165) is 22.9 Å². The highest BCUT2D eigenvalue weighted by Gasteiger charge is 2.43. The van der Waals surface area contributed by atoms with Crippen LogP contribution in [0.25, 0.3) is 0 Å². The van der Waals surface area contributed by atoms with E-state index in [2.05, 4.69) is 34.3 Å². The predicted molar refractivity (Wildman–Crippen MR) is 124 cm³/mol. The Morgan fingerprint density at radius 2 is 0.774 bits per heavy atom. The van der Waals surface area contributed by atoms with Crippen molar-refractivity contribution >= 4 is 11.4 Å².